The van der Waals surface area contributed by atoms with Gasteiger partial charge in [-0.3, -0.25) is 62.7 Å². The van der Waals surface area contributed by atoms with Crippen LogP contribution in [0.15, 0.2) is 0 Å². The minimum atomic E-state index is -1.66. The summed E-state index contributed by atoms with van der Waals surface area (Å²) in [5.41, 5.74) is 6.41. The lowest BCUT2D eigenvalue weighted by Gasteiger charge is -2.29. The first-order chi connectivity index (χ1) is 67.7. The molecule has 0 aromatic rings. The second-order valence-electron chi connectivity index (χ2n) is 40.4. The van der Waals surface area contributed by atoms with Gasteiger partial charge in [0.1, 0.15) is 0 Å². The number of aliphatic carboxylic acids is 3. The number of nitrogens with zero attached hydrogens (tertiary/aromatic N) is 1. The number of ether oxygens (including phenoxy) is 3. The number of carbonyl (C=O) groups is 13. The number of nitrogens with one attached hydrogen (secondary N) is 8. The summed E-state index contributed by atoms with van der Waals surface area (Å²) in [7, 11) is 0. The van der Waals surface area contributed by atoms with E-state index in [2.05, 4.69) is 42.9 Å². The Morgan fingerprint density at radius 1 is 0.259 bits per heavy atom. The molecule has 33 nitrogen and oxygen atoms in total. The maximum Gasteiger partial charge on any atom is 0.457 e. The van der Waals surface area contributed by atoms with Gasteiger partial charge in [0.05, 0.1) is 51.7 Å². The first-order valence-electron chi connectivity index (χ1n) is 55.2. The van der Waals surface area contributed by atoms with Crippen molar-refractivity contribution in [2.24, 2.45) is 35.5 Å². The fourth-order valence-corrected chi connectivity index (χ4v) is 19.9. The van der Waals surface area contributed by atoms with Crippen LogP contribution in [0, 0.1) is 35.5 Å². The van der Waals surface area contributed by atoms with Crippen molar-refractivity contribution in [3.63, 3.8) is 0 Å². The summed E-state index contributed by atoms with van der Waals surface area (Å²) in [6, 6.07) is -2.47. The molecule has 0 aliphatic heterocycles. The van der Waals surface area contributed by atoms with Crippen LogP contribution in [0.3, 0.4) is 0 Å². The van der Waals surface area contributed by atoms with Crippen LogP contribution >= 0.6 is 0 Å². The zero-order valence-electron chi connectivity index (χ0n) is 85.5. The predicted octanol–water partition coefficient (Wildman–Crippen LogP) is 19.9. The van der Waals surface area contributed by atoms with Gasteiger partial charge in [-0.25, -0.2) is 9.63 Å². The zero-order chi connectivity index (χ0) is 101. The molecule has 0 spiro atoms. The fraction of sp³-hybridized carbons (Fsp3) is 0.877. The molecule has 0 saturated heterocycles. The largest absolute Gasteiger partial charge is 0.481 e. The molecule has 3 saturated carbocycles. The molecule has 33 heteroatoms. The van der Waals surface area contributed by atoms with Crippen LogP contribution in [-0.2, 0) is 86.3 Å². The van der Waals surface area contributed by atoms with Crippen molar-refractivity contribution in [3.8, 4) is 0 Å². The molecule has 804 valence electrons. The molecular formula is C106H191N9O24. The molecule has 0 heterocycles. The van der Waals surface area contributed by atoms with Gasteiger partial charge in [0.2, 0.25) is 35.4 Å². The summed E-state index contributed by atoms with van der Waals surface area (Å²) in [6.07, 6.45) is 59.0. The van der Waals surface area contributed by atoms with Crippen LogP contribution in [0.25, 0.3) is 0 Å². The van der Waals surface area contributed by atoms with E-state index >= 15 is 0 Å². The van der Waals surface area contributed by atoms with Crippen molar-refractivity contribution >= 4 is 78.9 Å². The van der Waals surface area contributed by atoms with Crippen LogP contribution in [0.4, 0.5) is 4.79 Å². The Balaban J connectivity index is 1.55. The number of carboxylic acid groups (broad SMARTS) is 4. The van der Waals surface area contributed by atoms with E-state index in [1.165, 1.54) is 6.42 Å². The standard InChI is InChI=1S/C106H191N9O24/c116-83-134-74-38-17-10-4-1-7-13-32-50-97(119)107-80-89-62-56-86(57-63-89)44-26-21-35-53-100(122)110-92(68-71-103(125)126)47-29-16-20-41-77-137-113-95(93(69-72-104(127)128)111-101(123)54-36-22-27-45-87-58-64-90(65-59-87)81-108-98(120)51-33-14-8-2-5-11-18-39-75-135-84-117)48-30-24-42-78-138-114-96(49-31-25-43-79-139-115(133)106(131)132)94(70-73-105(129)130)112-102(124)55-37-23-28-46-88-60-66-91(67-61-88)82-109-99(121)52-34-15-9-3-6-12-19-40-76-136-85-118/h83-96,113-114,133H,1-82H2,(H,107,119)(H,108,120)(H,109,121)(H,110,122)(H,111,123)(H,112,124)(H,125,126)(H,127,128)(H,129,130)(H,131,132)/t86?,87?,88?,89?,90?,91?,92-,93+,94+,95?,96?/m1/s1. The fourth-order valence-electron chi connectivity index (χ4n) is 19.9. The molecule has 0 radical (unpaired) electrons. The zero-order valence-corrected chi connectivity index (χ0v) is 85.5. The van der Waals surface area contributed by atoms with E-state index in [9.17, 15) is 82.9 Å². The first kappa shape index (κ1) is 126. The number of unbranched alkanes of at least 4 members (excludes halogenated alkanes) is 34. The highest BCUT2D eigenvalue weighted by atomic mass is 16.9. The summed E-state index contributed by atoms with van der Waals surface area (Å²) in [5.74, 6) is 0.399. The van der Waals surface area contributed by atoms with Gasteiger partial charge in [-0.05, 0) is 190 Å². The normalized spacial score (nSPS) is 17.5. The molecule has 0 bridgehead atoms. The van der Waals surface area contributed by atoms with Crippen LogP contribution in [0.1, 0.15) is 469 Å². The van der Waals surface area contributed by atoms with Gasteiger partial charge in [0, 0.05) is 95.5 Å². The number of hydrogen-bond donors (Lipinski definition) is 13. The van der Waals surface area contributed by atoms with Crippen LogP contribution in [-0.4, -0.2) is 199 Å². The molecule has 7 amide bonds. The highest BCUT2D eigenvalue weighted by Gasteiger charge is 2.30. The lowest BCUT2D eigenvalue weighted by Crippen LogP contribution is -2.50. The first-order valence-corrected chi connectivity index (χ1v) is 55.2. The molecule has 3 rings (SSSR count). The number of carbonyl (C=O) groups excluding carboxylic acids is 9. The summed E-state index contributed by atoms with van der Waals surface area (Å²) in [6.45, 7) is 5.63. The highest BCUT2D eigenvalue weighted by molar-refractivity contribution is 5.78. The molecule has 2 unspecified atom stereocenters. The molecule has 3 aliphatic carbocycles. The van der Waals surface area contributed by atoms with E-state index in [0.29, 0.717) is 191 Å². The van der Waals surface area contributed by atoms with E-state index in [-0.39, 0.29) is 105 Å². The third kappa shape index (κ3) is 75.1. The van der Waals surface area contributed by atoms with Crippen LogP contribution in [0.5, 0.6) is 0 Å². The SMILES string of the molecule is O=COCCCCCCCCCCC(=O)NCC1CCC(CCCCCC(=O)N[C@H](CCCCCCONC(CCCCCONC(CCCCCON(O)C(=O)O)[C@H](CCC(=O)O)NC(=O)CCCCCC2CCC(CNC(=O)CCCCCCCCCCOC=O)CC2)[C@H](CCC(=O)O)NC(=O)CCCCCC2CCC(CNC(=O)CCCCCCCCCCOC=O)CC2)CCC(=O)O)CC1. The topological polar surface area (TPSA) is 478 Å². The van der Waals surface area contributed by atoms with Gasteiger partial charge in [-0.1, -0.05) is 262 Å². The predicted molar refractivity (Wildman–Crippen MR) is 535 cm³/mol. The average Bonchev–Trinajstić information content (AvgIpc) is 0.919. The second-order valence-corrected chi connectivity index (χ2v) is 40.4. The van der Waals surface area contributed by atoms with Gasteiger partial charge < -0.3 is 76.2 Å². The molecule has 13 N–H and O–H groups in total. The molecule has 0 aromatic carbocycles. The van der Waals surface area contributed by atoms with Gasteiger partial charge in [-0.15, -0.1) is 0 Å². The maximum absolute atomic E-state index is 13.9. The van der Waals surface area contributed by atoms with Crippen LogP contribution in [0.2, 0.25) is 0 Å². The molecular weight excluding hydrogens is 1780 g/mol. The van der Waals surface area contributed by atoms with E-state index < -0.39 is 48.2 Å². The third-order valence-electron chi connectivity index (χ3n) is 28.6. The lowest BCUT2D eigenvalue weighted by atomic mass is 9.79. The summed E-state index contributed by atoms with van der Waals surface area (Å²) < 4.78 is 14.3. The smallest absolute Gasteiger partial charge is 0.457 e. The molecule has 3 aliphatic rings. The number of hydroxylamine groups is 4. The quantitative estimate of drug-likeness (QED) is 0.00884. The van der Waals surface area contributed by atoms with E-state index in [1.54, 1.807) is 0 Å². The molecule has 139 heavy (non-hydrogen) atoms. The van der Waals surface area contributed by atoms with Crippen molar-refractivity contribution in [2.75, 3.05) is 59.3 Å². The molecule has 5 atom stereocenters. The van der Waals surface area contributed by atoms with Crippen molar-refractivity contribution in [3.05, 3.63) is 0 Å². The summed E-state index contributed by atoms with van der Waals surface area (Å²) in [5, 5.41) is 66.9. The minimum absolute atomic E-state index is 0.0529. The molecule has 0 aromatic heterocycles. The number of hydrogen-bond acceptors (Lipinski definition) is 22. The van der Waals surface area contributed by atoms with Gasteiger partial charge in [0.25, 0.3) is 19.4 Å². The Labute approximate surface area is 833 Å². The minimum Gasteiger partial charge on any atom is -0.481 e. The lowest BCUT2D eigenvalue weighted by molar-refractivity contribution is -0.304. The maximum atomic E-state index is 13.9. The van der Waals surface area contributed by atoms with E-state index in [0.717, 1.165) is 328 Å². The Bertz CT molecular complexity index is 3140. The van der Waals surface area contributed by atoms with Crippen molar-refractivity contribution in [2.45, 2.75) is 499 Å². The van der Waals surface area contributed by atoms with Crippen LogP contribution < -0.4 is 42.9 Å². The number of amides is 7. The summed E-state index contributed by atoms with van der Waals surface area (Å²) >= 11 is 0. The van der Waals surface area contributed by atoms with E-state index in [1.807, 2.05) is 0 Å². The number of rotatable bonds is 98. The second kappa shape index (κ2) is 88.4. The highest BCUT2D eigenvalue weighted by Crippen LogP contribution is 2.35. The van der Waals surface area contributed by atoms with Gasteiger partial charge >= 0.3 is 24.0 Å². The van der Waals surface area contributed by atoms with Crippen molar-refractivity contribution in [1.29, 1.82) is 0 Å². The Hall–Kier alpha value is -7.33. The summed E-state index contributed by atoms with van der Waals surface area (Å²) in [4.78, 5) is 174. The third-order valence-corrected chi connectivity index (χ3v) is 28.6. The monoisotopic (exact) mass is 1970 g/mol. The Morgan fingerprint density at radius 3 is 0.827 bits per heavy atom. The Morgan fingerprint density at radius 2 is 0.511 bits per heavy atom. The average molecular weight is 1980 g/mol. The Kier molecular flexibility index (Phi) is 80.0. The van der Waals surface area contributed by atoms with Crippen molar-refractivity contribution in [1.82, 2.24) is 48.1 Å². The van der Waals surface area contributed by atoms with Crippen molar-refractivity contribution < 1.29 is 117 Å². The number of carboxylic acids is 3. The molecule has 3 fully saturated rings. The van der Waals surface area contributed by atoms with Gasteiger partial charge in [-0.2, -0.15) is 11.0 Å². The van der Waals surface area contributed by atoms with Gasteiger partial charge in [0.15, 0.2) is 0 Å². The van der Waals surface area contributed by atoms with E-state index in [4.69, 9.17) is 33.8 Å².